The molecule has 3 amide bonds. The van der Waals surface area contributed by atoms with Crippen LogP contribution in [0.4, 0.5) is 5.69 Å². The van der Waals surface area contributed by atoms with Crippen LogP contribution in [0, 0.1) is 0 Å². The van der Waals surface area contributed by atoms with Gasteiger partial charge in [0, 0.05) is 45.2 Å². The molecule has 0 aromatic heterocycles. The van der Waals surface area contributed by atoms with Crippen molar-refractivity contribution in [3.05, 3.63) is 17.2 Å². The molecule has 0 saturated carbocycles. The highest BCUT2D eigenvalue weighted by Crippen LogP contribution is 2.38. The molecule has 1 aliphatic rings. The first-order valence-corrected chi connectivity index (χ1v) is 8.45. The topological polar surface area (TPSA) is 79.4 Å². The van der Waals surface area contributed by atoms with Gasteiger partial charge in [-0.1, -0.05) is 11.6 Å². The number of nitrogens with zero attached hydrogens (tertiary/aromatic N) is 3. The maximum Gasteiger partial charge on any atom is 0.242 e. The summed E-state index contributed by atoms with van der Waals surface area (Å²) in [5.41, 5.74) is 0.404. The van der Waals surface area contributed by atoms with Crippen molar-refractivity contribution in [3.63, 3.8) is 0 Å². The van der Waals surface area contributed by atoms with Gasteiger partial charge < -0.3 is 19.3 Å². The molecule has 1 aromatic carbocycles. The van der Waals surface area contributed by atoms with E-state index in [9.17, 15) is 14.4 Å². The lowest BCUT2D eigenvalue weighted by atomic mass is 10.2. The summed E-state index contributed by atoms with van der Waals surface area (Å²) >= 11 is 6.10. The van der Waals surface area contributed by atoms with Crippen molar-refractivity contribution >= 4 is 35.5 Å². The summed E-state index contributed by atoms with van der Waals surface area (Å²) in [6.07, 6.45) is 0.772. The average molecular weight is 384 g/mol. The summed E-state index contributed by atoms with van der Waals surface area (Å²) in [4.78, 5) is 40.2. The molecule has 142 valence electrons. The molecule has 1 heterocycles. The first-order valence-electron chi connectivity index (χ1n) is 8.08. The van der Waals surface area contributed by atoms with Crippen LogP contribution in [0.25, 0.3) is 0 Å². The zero-order chi connectivity index (χ0) is 19.3. The summed E-state index contributed by atoms with van der Waals surface area (Å²) in [5, 5.41) is 0.341. The largest absolute Gasteiger partial charge is 0.495 e. The van der Waals surface area contributed by atoms with E-state index in [0.717, 1.165) is 6.41 Å². The minimum absolute atomic E-state index is 0.141. The van der Waals surface area contributed by atoms with Gasteiger partial charge in [0.05, 0.1) is 24.9 Å². The van der Waals surface area contributed by atoms with E-state index in [1.165, 1.54) is 26.0 Å². The number of halogens is 1. The van der Waals surface area contributed by atoms with Crippen molar-refractivity contribution in [1.29, 1.82) is 0 Å². The molecule has 8 nitrogen and oxygen atoms in total. The van der Waals surface area contributed by atoms with E-state index in [1.54, 1.807) is 21.9 Å². The van der Waals surface area contributed by atoms with Crippen LogP contribution in [0.1, 0.15) is 6.92 Å². The van der Waals surface area contributed by atoms with Crippen LogP contribution in [0.2, 0.25) is 5.02 Å². The highest BCUT2D eigenvalue weighted by molar-refractivity contribution is 6.32. The number of ether oxygens (including phenoxy) is 2. The Labute approximate surface area is 157 Å². The number of anilines is 1. The first kappa shape index (κ1) is 19.8. The molecular formula is C17H22ClN3O5. The molecule has 1 aromatic rings. The van der Waals surface area contributed by atoms with Gasteiger partial charge in [0.1, 0.15) is 18.0 Å². The Morgan fingerprint density at radius 3 is 2.27 bits per heavy atom. The van der Waals surface area contributed by atoms with E-state index in [2.05, 4.69) is 0 Å². The molecular weight excluding hydrogens is 362 g/mol. The third-order valence-corrected chi connectivity index (χ3v) is 4.53. The normalized spacial score (nSPS) is 14.0. The highest BCUT2D eigenvalue weighted by atomic mass is 35.5. The number of hydrogen-bond acceptors (Lipinski definition) is 5. The van der Waals surface area contributed by atoms with Gasteiger partial charge in [0.25, 0.3) is 0 Å². The van der Waals surface area contributed by atoms with Gasteiger partial charge in [-0.15, -0.1) is 0 Å². The van der Waals surface area contributed by atoms with Gasteiger partial charge in [-0.3, -0.25) is 19.3 Å². The maximum absolute atomic E-state index is 12.6. The number of methoxy groups -OCH3 is 2. The number of carbonyl (C=O) groups excluding carboxylic acids is 3. The van der Waals surface area contributed by atoms with E-state index in [-0.39, 0.29) is 18.4 Å². The Bertz CT molecular complexity index is 689. The quantitative estimate of drug-likeness (QED) is 0.685. The van der Waals surface area contributed by atoms with Crippen molar-refractivity contribution in [2.45, 2.75) is 6.92 Å². The molecule has 0 bridgehead atoms. The molecule has 9 heteroatoms. The molecule has 0 aliphatic carbocycles. The van der Waals surface area contributed by atoms with Crippen LogP contribution >= 0.6 is 11.6 Å². The Balaban J connectivity index is 2.23. The predicted octanol–water partition coefficient (Wildman–Crippen LogP) is 1.01. The fraction of sp³-hybridized carbons (Fsp3) is 0.471. The predicted molar refractivity (Wildman–Crippen MR) is 96.8 cm³/mol. The van der Waals surface area contributed by atoms with Crippen LogP contribution in [0.3, 0.4) is 0 Å². The summed E-state index contributed by atoms with van der Waals surface area (Å²) in [6, 6.07) is 3.11. The van der Waals surface area contributed by atoms with Gasteiger partial charge >= 0.3 is 0 Å². The second-order valence-electron chi connectivity index (χ2n) is 5.79. The van der Waals surface area contributed by atoms with Gasteiger partial charge in [0.15, 0.2) is 0 Å². The van der Waals surface area contributed by atoms with Gasteiger partial charge in [-0.2, -0.15) is 0 Å². The zero-order valence-electron chi connectivity index (χ0n) is 15.0. The molecule has 1 saturated heterocycles. The summed E-state index contributed by atoms with van der Waals surface area (Å²) < 4.78 is 10.5. The molecule has 1 fully saturated rings. The van der Waals surface area contributed by atoms with E-state index >= 15 is 0 Å². The fourth-order valence-electron chi connectivity index (χ4n) is 2.73. The standard InChI is InChI=1S/C17H22ClN3O5/c1-12(23)21(10-17(24)20-6-4-19(11-22)5-7-20)14-9-15(25-2)13(18)8-16(14)26-3/h8-9,11H,4-7,10H2,1-3H3. The minimum Gasteiger partial charge on any atom is -0.495 e. The molecule has 1 aliphatic heterocycles. The number of amides is 3. The monoisotopic (exact) mass is 383 g/mol. The number of benzene rings is 1. The molecule has 26 heavy (non-hydrogen) atoms. The van der Waals surface area contributed by atoms with Gasteiger partial charge in [-0.05, 0) is 0 Å². The molecule has 0 unspecified atom stereocenters. The second kappa shape index (κ2) is 8.75. The molecule has 0 radical (unpaired) electrons. The first-order chi connectivity index (χ1) is 12.4. The SMILES string of the molecule is COc1cc(N(CC(=O)N2CCN(C=O)CC2)C(C)=O)c(OC)cc1Cl. The minimum atomic E-state index is -0.312. The number of carbonyl (C=O) groups is 3. The van der Waals surface area contributed by atoms with Crippen molar-refractivity contribution in [3.8, 4) is 11.5 Å². The third-order valence-electron chi connectivity index (χ3n) is 4.23. The van der Waals surface area contributed by atoms with Crippen molar-refractivity contribution in [1.82, 2.24) is 9.80 Å². The van der Waals surface area contributed by atoms with Crippen LogP contribution in [0.5, 0.6) is 11.5 Å². The van der Waals surface area contributed by atoms with E-state index in [1.807, 2.05) is 0 Å². The lowest BCUT2D eigenvalue weighted by Gasteiger charge is -2.34. The summed E-state index contributed by atoms with van der Waals surface area (Å²) in [7, 11) is 2.92. The molecule has 0 atom stereocenters. The van der Waals surface area contributed by atoms with Crippen LogP contribution < -0.4 is 14.4 Å². The van der Waals surface area contributed by atoms with E-state index in [0.29, 0.717) is 48.4 Å². The lowest BCUT2D eigenvalue weighted by molar-refractivity contribution is -0.134. The van der Waals surface area contributed by atoms with Crippen LogP contribution in [-0.2, 0) is 14.4 Å². The Hall–Kier alpha value is -2.48. The van der Waals surface area contributed by atoms with Crippen molar-refractivity contribution in [2.24, 2.45) is 0 Å². The summed E-state index contributed by atoms with van der Waals surface area (Å²) in [5.74, 6) is 0.222. The van der Waals surface area contributed by atoms with E-state index < -0.39 is 0 Å². The number of piperazine rings is 1. The Morgan fingerprint density at radius 1 is 1.15 bits per heavy atom. The zero-order valence-corrected chi connectivity index (χ0v) is 15.8. The lowest BCUT2D eigenvalue weighted by Crippen LogP contribution is -2.51. The van der Waals surface area contributed by atoms with Crippen molar-refractivity contribution in [2.75, 3.05) is 51.8 Å². The number of rotatable bonds is 6. The van der Waals surface area contributed by atoms with Gasteiger partial charge in [-0.25, -0.2) is 0 Å². The number of hydrogen-bond donors (Lipinski definition) is 0. The Morgan fingerprint density at radius 2 is 1.77 bits per heavy atom. The molecule has 0 N–H and O–H groups in total. The van der Waals surface area contributed by atoms with Crippen LogP contribution in [0.15, 0.2) is 12.1 Å². The van der Waals surface area contributed by atoms with Crippen molar-refractivity contribution < 1.29 is 23.9 Å². The van der Waals surface area contributed by atoms with Gasteiger partial charge in [0.2, 0.25) is 18.2 Å². The average Bonchev–Trinajstić information content (AvgIpc) is 2.65. The molecule has 2 rings (SSSR count). The Kier molecular flexibility index (Phi) is 6.68. The van der Waals surface area contributed by atoms with Crippen LogP contribution in [-0.4, -0.2) is 75.0 Å². The summed E-state index contributed by atoms with van der Waals surface area (Å²) in [6.45, 7) is 3.06. The fourth-order valence-corrected chi connectivity index (χ4v) is 2.96. The highest BCUT2D eigenvalue weighted by Gasteiger charge is 2.26. The smallest absolute Gasteiger partial charge is 0.242 e. The molecule has 0 spiro atoms. The second-order valence-corrected chi connectivity index (χ2v) is 6.19. The third kappa shape index (κ3) is 4.37. The maximum atomic E-state index is 12.6. The van der Waals surface area contributed by atoms with E-state index in [4.69, 9.17) is 21.1 Å².